The molecule has 0 radical (unpaired) electrons. The van der Waals surface area contributed by atoms with Crippen LogP contribution in [0, 0.1) is 12.7 Å². The lowest BCUT2D eigenvalue weighted by molar-refractivity contribution is 0.112. The number of nitrogens with zero attached hydrogens (tertiary/aromatic N) is 2. The fourth-order valence-corrected chi connectivity index (χ4v) is 1.65. The second-order valence-electron chi connectivity index (χ2n) is 3.63. The predicted octanol–water partition coefficient (Wildman–Crippen LogP) is 3.13. The molecule has 0 fully saturated rings. The van der Waals surface area contributed by atoms with Gasteiger partial charge in [0.2, 0.25) is 0 Å². The van der Waals surface area contributed by atoms with E-state index in [1.165, 1.54) is 18.5 Å². The monoisotopic (exact) mass is 265 g/mol. The van der Waals surface area contributed by atoms with Crippen LogP contribution in [-0.4, -0.2) is 16.3 Å². The molecule has 0 aliphatic heterocycles. The molecule has 0 unspecified atom stereocenters. The Morgan fingerprint density at radius 2 is 2.17 bits per heavy atom. The quantitative estimate of drug-likeness (QED) is 0.684. The fraction of sp³-hybridized carbons (Fsp3) is 0.0833. The first-order valence-corrected chi connectivity index (χ1v) is 5.48. The van der Waals surface area contributed by atoms with Crippen molar-refractivity contribution in [3.8, 4) is 0 Å². The van der Waals surface area contributed by atoms with E-state index in [1.54, 1.807) is 13.0 Å². The molecule has 2 aromatic rings. The molecule has 0 bridgehead atoms. The van der Waals surface area contributed by atoms with Gasteiger partial charge in [0.15, 0.2) is 6.29 Å². The third-order valence-corrected chi connectivity index (χ3v) is 2.70. The Balaban J connectivity index is 2.40. The number of aldehydes is 1. The molecule has 1 aromatic carbocycles. The highest BCUT2D eigenvalue weighted by atomic mass is 35.5. The zero-order valence-corrected chi connectivity index (χ0v) is 10.2. The van der Waals surface area contributed by atoms with Crippen LogP contribution in [0.3, 0.4) is 0 Å². The summed E-state index contributed by atoms with van der Waals surface area (Å²) in [5, 5.41) is 3.00. The van der Waals surface area contributed by atoms with Crippen LogP contribution in [0.2, 0.25) is 5.15 Å². The highest BCUT2D eigenvalue weighted by molar-refractivity contribution is 6.32. The van der Waals surface area contributed by atoms with Crippen molar-refractivity contribution in [2.75, 3.05) is 5.32 Å². The number of anilines is 2. The normalized spacial score (nSPS) is 10.2. The molecule has 92 valence electrons. The summed E-state index contributed by atoms with van der Waals surface area (Å²) in [6, 6.07) is 4.26. The van der Waals surface area contributed by atoms with Crippen LogP contribution in [0.5, 0.6) is 0 Å². The van der Waals surface area contributed by atoms with Crippen molar-refractivity contribution in [1.82, 2.24) is 9.97 Å². The molecule has 0 aliphatic carbocycles. The van der Waals surface area contributed by atoms with Crippen LogP contribution < -0.4 is 5.32 Å². The number of aryl methyl sites for hydroxylation is 1. The van der Waals surface area contributed by atoms with E-state index in [0.29, 0.717) is 23.4 Å². The first-order chi connectivity index (χ1) is 8.61. The number of carbonyl (C=O) groups is 1. The summed E-state index contributed by atoms with van der Waals surface area (Å²) in [6.07, 6.45) is 1.82. The number of rotatable bonds is 3. The van der Waals surface area contributed by atoms with Crippen LogP contribution >= 0.6 is 11.6 Å². The number of carbonyl (C=O) groups excluding carboxylic acids is 1. The molecule has 0 saturated carbocycles. The topological polar surface area (TPSA) is 54.9 Å². The van der Waals surface area contributed by atoms with Crippen molar-refractivity contribution < 1.29 is 9.18 Å². The molecule has 6 heteroatoms. The van der Waals surface area contributed by atoms with Gasteiger partial charge < -0.3 is 5.32 Å². The molecule has 0 atom stereocenters. The second-order valence-corrected chi connectivity index (χ2v) is 3.99. The van der Waals surface area contributed by atoms with Crippen LogP contribution in [-0.2, 0) is 0 Å². The SMILES string of the molecule is Cc1cc(F)ccc1Nc1ncnc(Cl)c1C=O. The van der Waals surface area contributed by atoms with E-state index in [9.17, 15) is 9.18 Å². The molecule has 0 spiro atoms. The summed E-state index contributed by atoms with van der Waals surface area (Å²) < 4.78 is 13.0. The maximum absolute atomic E-state index is 13.0. The number of halogens is 2. The third-order valence-electron chi connectivity index (χ3n) is 2.39. The minimum atomic E-state index is -0.325. The molecular formula is C12H9ClFN3O. The van der Waals surface area contributed by atoms with Gasteiger partial charge in [0, 0.05) is 5.69 Å². The van der Waals surface area contributed by atoms with Gasteiger partial charge in [-0.05, 0) is 30.7 Å². The molecule has 0 amide bonds. The Morgan fingerprint density at radius 3 is 2.83 bits per heavy atom. The standard InChI is InChI=1S/C12H9ClFN3O/c1-7-4-8(14)2-3-10(7)17-12-9(5-18)11(13)15-6-16-12/h2-6H,1H3,(H,15,16,17). The van der Waals surface area contributed by atoms with Crippen LogP contribution in [0.15, 0.2) is 24.5 Å². The minimum absolute atomic E-state index is 0.0715. The molecule has 18 heavy (non-hydrogen) atoms. The van der Waals surface area contributed by atoms with Gasteiger partial charge in [0.25, 0.3) is 0 Å². The average Bonchev–Trinajstić information content (AvgIpc) is 2.33. The molecule has 0 saturated heterocycles. The predicted molar refractivity (Wildman–Crippen MR) is 66.8 cm³/mol. The number of benzene rings is 1. The van der Waals surface area contributed by atoms with Gasteiger partial charge in [-0.15, -0.1) is 0 Å². The Morgan fingerprint density at radius 1 is 1.39 bits per heavy atom. The Bertz CT molecular complexity index is 604. The molecular weight excluding hydrogens is 257 g/mol. The summed E-state index contributed by atoms with van der Waals surface area (Å²) in [6.45, 7) is 1.74. The van der Waals surface area contributed by atoms with Crippen LogP contribution in [0.25, 0.3) is 0 Å². The molecule has 2 rings (SSSR count). The van der Waals surface area contributed by atoms with Crippen molar-refractivity contribution in [2.24, 2.45) is 0 Å². The lowest BCUT2D eigenvalue weighted by Gasteiger charge is -2.10. The van der Waals surface area contributed by atoms with Crippen molar-refractivity contribution >= 4 is 29.4 Å². The summed E-state index contributed by atoms with van der Waals surface area (Å²) in [5.74, 6) is -0.0333. The molecule has 4 nitrogen and oxygen atoms in total. The Hall–Kier alpha value is -2.01. The molecule has 1 N–H and O–H groups in total. The van der Waals surface area contributed by atoms with Crippen molar-refractivity contribution in [1.29, 1.82) is 0 Å². The van der Waals surface area contributed by atoms with Gasteiger partial charge in [-0.25, -0.2) is 14.4 Å². The van der Waals surface area contributed by atoms with Gasteiger partial charge in [0.1, 0.15) is 23.1 Å². The molecule has 1 aromatic heterocycles. The fourth-order valence-electron chi connectivity index (χ4n) is 1.47. The van der Waals surface area contributed by atoms with E-state index >= 15 is 0 Å². The largest absolute Gasteiger partial charge is 0.339 e. The van der Waals surface area contributed by atoms with Gasteiger partial charge in [-0.3, -0.25) is 4.79 Å². The Kier molecular flexibility index (Phi) is 3.53. The number of hydrogen-bond acceptors (Lipinski definition) is 4. The van der Waals surface area contributed by atoms with Crippen molar-refractivity contribution in [3.05, 3.63) is 46.6 Å². The maximum Gasteiger partial charge on any atom is 0.156 e. The van der Waals surface area contributed by atoms with E-state index in [0.717, 1.165) is 0 Å². The minimum Gasteiger partial charge on any atom is -0.339 e. The summed E-state index contributed by atoms with van der Waals surface area (Å²) in [7, 11) is 0. The highest BCUT2D eigenvalue weighted by Crippen LogP contribution is 2.24. The number of hydrogen-bond donors (Lipinski definition) is 1. The lowest BCUT2D eigenvalue weighted by atomic mass is 10.2. The zero-order chi connectivity index (χ0) is 13.1. The number of aromatic nitrogens is 2. The lowest BCUT2D eigenvalue weighted by Crippen LogP contribution is -2.02. The highest BCUT2D eigenvalue weighted by Gasteiger charge is 2.10. The van der Waals surface area contributed by atoms with Crippen molar-refractivity contribution in [2.45, 2.75) is 6.92 Å². The first kappa shape index (κ1) is 12.4. The number of nitrogens with one attached hydrogen (secondary N) is 1. The molecule has 0 aliphatic rings. The van der Waals surface area contributed by atoms with Crippen LogP contribution in [0.4, 0.5) is 15.9 Å². The van der Waals surface area contributed by atoms with E-state index in [2.05, 4.69) is 15.3 Å². The van der Waals surface area contributed by atoms with Crippen molar-refractivity contribution in [3.63, 3.8) is 0 Å². The average molecular weight is 266 g/mol. The van der Waals surface area contributed by atoms with E-state index in [4.69, 9.17) is 11.6 Å². The second kappa shape index (κ2) is 5.10. The maximum atomic E-state index is 13.0. The third kappa shape index (κ3) is 2.46. The molecule has 1 heterocycles. The van der Waals surface area contributed by atoms with E-state index < -0.39 is 0 Å². The van der Waals surface area contributed by atoms with Gasteiger partial charge in [0.05, 0.1) is 5.56 Å². The van der Waals surface area contributed by atoms with Gasteiger partial charge >= 0.3 is 0 Å². The van der Waals surface area contributed by atoms with E-state index in [-0.39, 0.29) is 16.5 Å². The smallest absolute Gasteiger partial charge is 0.156 e. The zero-order valence-electron chi connectivity index (χ0n) is 9.45. The summed E-state index contributed by atoms with van der Waals surface area (Å²) in [5.41, 5.74) is 1.51. The van der Waals surface area contributed by atoms with Gasteiger partial charge in [-0.1, -0.05) is 11.6 Å². The van der Waals surface area contributed by atoms with Gasteiger partial charge in [-0.2, -0.15) is 0 Å². The summed E-state index contributed by atoms with van der Waals surface area (Å²) >= 11 is 5.78. The first-order valence-electron chi connectivity index (χ1n) is 5.10. The summed E-state index contributed by atoms with van der Waals surface area (Å²) in [4.78, 5) is 18.6. The van der Waals surface area contributed by atoms with Crippen LogP contribution in [0.1, 0.15) is 15.9 Å². The van der Waals surface area contributed by atoms with E-state index in [1.807, 2.05) is 0 Å². The Labute approximate surface area is 108 Å².